The van der Waals surface area contributed by atoms with Crippen LogP contribution in [0.2, 0.25) is 0 Å². The zero-order valence-electron chi connectivity index (χ0n) is 15.9. The van der Waals surface area contributed by atoms with Crippen LogP contribution in [0.1, 0.15) is 41.1 Å². The van der Waals surface area contributed by atoms with E-state index in [1.54, 1.807) is 14.0 Å². The fourth-order valence-electron chi connectivity index (χ4n) is 3.26. The van der Waals surface area contributed by atoms with Gasteiger partial charge in [-0.1, -0.05) is 6.07 Å². The molecule has 3 aromatic rings. The molecule has 1 aliphatic rings. The van der Waals surface area contributed by atoms with Crippen LogP contribution in [-0.4, -0.2) is 28.7 Å². The van der Waals surface area contributed by atoms with Crippen molar-refractivity contribution in [2.24, 2.45) is 7.05 Å². The highest BCUT2D eigenvalue weighted by Gasteiger charge is 2.24. The summed E-state index contributed by atoms with van der Waals surface area (Å²) in [6.45, 7) is 4.72. The number of ether oxygens (including phenoxy) is 2. The van der Waals surface area contributed by atoms with E-state index in [0.29, 0.717) is 30.5 Å². The van der Waals surface area contributed by atoms with E-state index in [4.69, 9.17) is 13.9 Å². The predicted octanol–water partition coefficient (Wildman–Crippen LogP) is 2.49. The summed E-state index contributed by atoms with van der Waals surface area (Å²) in [5.41, 5.74) is 0.920. The zero-order chi connectivity index (χ0) is 19.8. The second-order valence-electron chi connectivity index (χ2n) is 6.83. The van der Waals surface area contributed by atoms with Gasteiger partial charge in [0.2, 0.25) is 5.71 Å². The minimum absolute atomic E-state index is 0.161. The molecule has 4 rings (SSSR count). The first-order valence-electron chi connectivity index (χ1n) is 9.11. The molecule has 1 unspecified atom stereocenters. The Labute approximate surface area is 161 Å². The normalized spacial score (nSPS) is 14.5. The lowest BCUT2D eigenvalue weighted by Gasteiger charge is -2.16. The van der Waals surface area contributed by atoms with Gasteiger partial charge in [-0.15, -0.1) is 0 Å². The zero-order valence-corrected chi connectivity index (χ0v) is 15.9. The second kappa shape index (κ2) is 7.03. The van der Waals surface area contributed by atoms with E-state index in [2.05, 4.69) is 10.3 Å². The Bertz CT molecular complexity index is 1110. The Kier molecular flexibility index (Phi) is 4.54. The largest absolute Gasteiger partial charge is 0.490 e. The summed E-state index contributed by atoms with van der Waals surface area (Å²) in [6.07, 6.45) is 2.20. The van der Waals surface area contributed by atoms with Crippen LogP contribution in [0.4, 0.5) is 0 Å². The van der Waals surface area contributed by atoms with E-state index >= 15 is 0 Å². The fourth-order valence-corrected chi connectivity index (χ4v) is 3.26. The molecule has 1 N–H and O–H groups in total. The number of rotatable bonds is 3. The number of aromatic nitrogens is 2. The molecule has 0 saturated carbocycles. The van der Waals surface area contributed by atoms with Crippen LogP contribution in [0, 0.1) is 6.92 Å². The summed E-state index contributed by atoms with van der Waals surface area (Å²) in [7, 11) is 1.58. The van der Waals surface area contributed by atoms with E-state index in [0.717, 1.165) is 12.0 Å². The van der Waals surface area contributed by atoms with Gasteiger partial charge in [0, 0.05) is 13.5 Å². The van der Waals surface area contributed by atoms with Crippen molar-refractivity contribution in [2.75, 3.05) is 13.2 Å². The Morgan fingerprint density at radius 2 is 2.00 bits per heavy atom. The number of hydrogen-bond acceptors (Lipinski definition) is 6. The van der Waals surface area contributed by atoms with Crippen LogP contribution >= 0.6 is 0 Å². The monoisotopic (exact) mass is 383 g/mol. The maximum Gasteiger partial charge on any atom is 0.265 e. The summed E-state index contributed by atoms with van der Waals surface area (Å²) in [4.78, 5) is 29.5. The summed E-state index contributed by atoms with van der Waals surface area (Å²) in [6, 6.07) is 5.29. The van der Waals surface area contributed by atoms with Crippen LogP contribution in [-0.2, 0) is 7.05 Å². The van der Waals surface area contributed by atoms with Gasteiger partial charge in [-0.2, -0.15) is 0 Å². The van der Waals surface area contributed by atoms with Gasteiger partial charge in [0.25, 0.3) is 11.5 Å². The quantitative estimate of drug-likeness (QED) is 0.747. The Balaban J connectivity index is 1.63. The first-order chi connectivity index (χ1) is 13.5. The lowest BCUT2D eigenvalue weighted by molar-refractivity contribution is 0.0939. The van der Waals surface area contributed by atoms with Gasteiger partial charge in [-0.25, -0.2) is 4.98 Å². The third-order valence-electron chi connectivity index (χ3n) is 4.79. The molecule has 8 heteroatoms. The van der Waals surface area contributed by atoms with Crippen molar-refractivity contribution in [1.82, 2.24) is 14.9 Å². The average Bonchev–Trinajstić information content (AvgIpc) is 2.85. The number of fused-ring (bicyclic) bond motifs is 2. The molecule has 0 spiro atoms. The molecule has 0 saturated heterocycles. The summed E-state index contributed by atoms with van der Waals surface area (Å²) < 4.78 is 18.2. The van der Waals surface area contributed by atoms with Crippen molar-refractivity contribution < 1.29 is 18.7 Å². The molecule has 0 bridgehead atoms. The van der Waals surface area contributed by atoms with Crippen molar-refractivity contribution in [1.29, 1.82) is 0 Å². The summed E-state index contributed by atoms with van der Waals surface area (Å²) >= 11 is 0. The van der Waals surface area contributed by atoms with Gasteiger partial charge >= 0.3 is 0 Å². The van der Waals surface area contributed by atoms with Crippen LogP contribution in [0.5, 0.6) is 11.5 Å². The molecule has 2 aromatic heterocycles. The van der Waals surface area contributed by atoms with Crippen molar-refractivity contribution >= 4 is 17.0 Å². The van der Waals surface area contributed by atoms with Gasteiger partial charge in [-0.3, -0.25) is 9.59 Å². The number of hydrogen-bond donors (Lipinski definition) is 1. The number of aryl methyl sites for hydroxylation is 2. The minimum Gasteiger partial charge on any atom is -0.490 e. The highest BCUT2D eigenvalue weighted by atomic mass is 16.5. The summed E-state index contributed by atoms with van der Waals surface area (Å²) in [5, 5.41) is 3.12. The Morgan fingerprint density at radius 1 is 1.25 bits per heavy atom. The molecule has 1 aliphatic heterocycles. The van der Waals surface area contributed by atoms with E-state index in [1.807, 2.05) is 25.1 Å². The van der Waals surface area contributed by atoms with Crippen molar-refractivity contribution in [3.8, 4) is 11.5 Å². The fraction of sp³-hybridized carbons (Fsp3) is 0.350. The molecule has 28 heavy (non-hydrogen) atoms. The molecule has 3 heterocycles. The average molecular weight is 383 g/mol. The van der Waals surface area contributed by atoms with Crippen molar-refractivity contribution in [3.05, 3.63) is 51.8 Å². The molecule has 0 radical (unpaired) electrons. The van der Waals surface area contributed by atoms with Gasteiger partial charge in [0.15, 0.2) is 11.5 Å². The Morgan fingerprint density at radius 3 is 2.79 bits per heavy atom. The van der Waals surface area contributed by atoms with Gasteiger partial charge in [0.05, 0.1) is 24.8 Å². The van der Waals surface area contributed by atoms with Crippen LogP contribution in [0.15, 0.2) is 33.7 Å². The molecule has 0 aliphatic carbocycles. The third-order valence-corrected chi connectivity index (χ3v) is 4.79. The topological polar surface area (TPSA) is 95.6 Å². The van der Waals surface area contributed by atoms with Crippen LogP contribution < -0.4 is 20.3 Å². The summed E-state index contributed by atoms with van der Waals surface area (Å²) in [5.74, 6) is 1.33. The maximum absolute atomic E-state index is 12.9. The number of carbonyl (C=O) groups is 1. The van der Waals surface area contributed by atoms with E-state index in [-0.39, 0.29) is 34.2 Å². The van der Waals surface area contributed by atoms with Crippen LogP contribution in [0.25, 0.3) is 11.1 Å². The SMILES string of the molecule is Cc1oc2ncn(C)c(=O)c2c1C(=O)NC(C)c1ccc2c(c1)OCCCO2. The lowest BCUT2D eigenvalue weighted by atomic mass is 10.1. The third kappa shape index (κ3) is 3.11. The number of nitrogens with one attached hydrogen (secondary N) is 1. The minimum atomic E-state index is -0.388. The molecule has 1 atom stereocenters. The van der Waals surface area contributed by atoms with E-state index in [1.165, 1.54) is 10.9 Å². The molecule has 0 fully saturated rings. The number of carbonyl (C=O) groups excluding carboxylic acids is 1. The number of amides is 1. The molecule has 1 aromatic carbocycles. The van der Waals surface area contributed by atoms with E-state index < -0.39 is 0 Å². The number of benzene rings is 1. The van der Waals surface area contributed by atoms with Crippen LogP contribution in [0.3, 0.4) is 0 Å². The lowest BCUT2D eigenvalue weighted by Crippen LogP contribution is -2.28. The highest BCUT2D eigenvalue weighted by Crippen LogP contribution is 2.32. The first kappa shape index (κ1) is 18.1. The number of furan rings is 1. The molecule has 146 valence electrons. The smallest absolute Gasteiger partial charge is 0.265 e. The molecule has 1 amide bonds. The maximum atomic E-state index is 12.9. The molecular formula is C20H21N3O5. The van der Waals surface area contributed by atoms with Gasteiger partial charge in [-0.05, 0) is 31.5 Å². The van der Waals surface area contributed by atoms with E-state index in [9.17, 15) is 9.59 Å². The Hall–Kier alpha value is -3.29. The van der Waals surface area contributed by atoms with Gasteiger partial charge < -0.3 is 23.8 Å². The number of nitrogens with zero attached hydrogens (tertiary/aromatic N) is 2. The van der Waals surface area contributed by atoms with Crippen molar-refractivity contribution in [2.45, 2.75) is 26.3 Å². The standard InChI is InChI=1S/C20H21N3O5/c1-11(13-5-6-14-15(9-13)27-8-4-7-26-14)22-18(24)16-12(2)28-19-17(16)20(25)23(3)10-21-19/h5-6,9-11H,4,7-8H2,1-3H3,(H,22,24). The highest BCUT2D eigenvalue weighted by molar-refractivity contribution is 6.06. The van der Waals surface area contributed by atoms with Gasteiger partial charge in [0.1, 0.15) is 17.5 Å². The van der Waals surface area contributed by atoms with Crippen molar-refractivity contribution in [3.63, 3.8) is 0 Å². The second-order valence-corrected chi connectivity index (χ2v) is 6.83. The molecular weight excluding hydrogens is 362 g/mol. The molecule has 8 nitrogen and oxygen atoms in total. The predicted molar refractivity (Wildman–Crippen MR) is 102 cm³/mol. The first-order valence-corrected chi connectivity index (χ1v) is 9.11.